The Hall–Kier alpha value is -2.73. The molecule has 0 aromatic heterocycles. The third-order valence-electron chi connectivity index (χ3n) is 6.85. The highest BCUT2D eigenvalue weighted by molar-refractivity contribution is 7.89. The number of halogens is 5. The summed E-state index contributed by atoms with van der Waals surface area (Å²) in [5.41, 5.74) is -0.310. The maximum absolute atomic E-state index is 15.6. The van der Waals surface area contributed by atoms with Crippen molar-refractivity contribution in [3.05, 3.63) is 59.7 Å². The van der Waals surface area contributed by atoms with Crippen molar-refractivity contribution in [2.24, 2.45) is 5.41 Å². The molecule has 12 heteroatoms. The van der Waals surface area contributed by atoms with Gasteiger partial charge in [-0.15, -0.1) is 0 Å². The van der Waals surface area contributed by atoms with E-state index in [0.29, 0.717) is 12.8 Å². The number of amides is 2. The van der Waals surface area contributed by atoms with Crippen LogP contribution in [0.5, 0.6) is 0 Å². The Morgan fingerprint density at radius 2 is 1.86 bits per heavy atom. The van der Waals surface area contributed by atoms with Crippen molar-refractivity contribution >= 4 is 16.1 Å². The molecule has 36 heavy (non-hydrogen) atoms. The summed E-state index contributed by atoms with van der Waals surface area (Å²) < 4.78 is 95.1. The van der Waals surface area contributed by atoms with E-state index >= 15 is 4.39 Å². The number of carbonyl (C=O) groups is 1. The van der Waals surface area contributed by atoms with Gasteiger partial charge in [0.05, 0.1) is 18.1 Å². The highest BCUT2D eigenvalue weighted by Gasteiger charge is 2.62. The zero-order valence-electron chi connectivity index (χ0n) is 19.4. The SMILES string of the molecule is C[C@H](CF)NC(=O)N1CC2(CC2)C(NS(=O)(=O)C(F)F)C1Cc1cccc(-c2cccc(F)c2)c1F. The van der Waals surface area contributed by atoms with Crippen molar-refractivity contribution in [3.63, 3.8) is 0 Å². The number of carbonyl (C=O) groups excluding carboxylic acids is 1. The average molecular weight is 532 g/mol. The Balaban J connectivity index is 1.71. The minimum atomic E-state index is -5.02. The number of sulfonamides is 1. The first kappa shape index (κ1) is 26.3. The lowest BCUT2D eigenvalue weighted by atomic mass is 9.91. The summed E-state index contributed by atoms with van der Waals surface area (Å²) in [6, 6.07) is 6.11. The van der Waals surface area contributed by atoms with Crippen LogP contribution in [0.1, 0.15) is 25.3 Å². The number of rotatable bonds is 8. The van der Waals surface area contributed by atoms with Gasteiger partial charge in [0.25, 0.3) is 10.0 Å². The highest BCUT2D eigenvalue weighted by Crippen LogP contribution is 2.55. The highest BCUT2D eigenvalue weighted by atomic mass is 32.2. The first-order valence-corrected chi connectivity index (χ1v) is 13.0. The second kappa shape index (κ2) is 9.97. The Kier molecular flexibility index (Phi) is 7.29. The van der Waals surface area contributed by atoms with Crippen LogP contribution >= 0.6 is 0 Å². The summed E-state index contributed by atoms with van der Waals surface area (Å²) in [4.78, 5) is 14.2. The molecule has 2 unspecified atom stereocenters. The summed E-state index contributed by atoms with van der Waals surface area (Å²) in [7, 11) is -5.02. The van der Waals surface area contributed by atoms with Gasteiger partial charge in [-0.05, 0) is 49.4 Å². The number of nitrogens with zero attached hydrogens (tertiary/aromatic N) is 1. The topological polar surface area (TPSA) is 78.5 Å². The third-order valence-corrected chi connectivity index (χ3v) is 7.91. The lowest BCUT2D eigenvalue weighted by molar-refractivity contribution is 0.182. The summed E-state index contributed by atoms with van der Waals surface area (Å²) in [6.07, 6.45) is 0.757. The smallest absolute Gasteiger partial charge is 0.333 e. The quantitative estimate of drug-likeness (QED) is 0.501. The van der Waals surface area contributed by atoms with Crippen LogP contribution in [0, 0.1) is 17.0 Å². The molecule has 2 fully saturated rings. The van der Waals surface area contributed by atoms with Crippen molar-refractivity contribution < 1.29 is 35.2 Å². The summed E-state index contributed by atoms with van der Waals surface area (Å²) >= 11 is 0. The fourth-order valence-electron chi connectivity index (χ4n) is 4.83. The minimum Gasteiger partial charge on any atom is -0.333 e. The van der Waals surface area contributed by atoms with Crippen LogP contribution in [0.25, 0.3) is 11.1 Å². The van der Waals surface area contributed by atoms with Crippen LogP contribution in [0.2, 0.25) is 0 Å². The van der Waals surface area contributed by atoms with E-state index in [1.807, 2.05) is 0 Å². The number of hydrogen-bond acceptors (Lipinski definition) is 3. The molecule has 2 N–H and O–H groups in total. The number of nitrogens with one attached hydrogen (secondary N) is 2. The van der Waals surface area contributed by atoms with Crippen LogP contribution in [0.4, 0.5) is 26.7 Å². The molecule has 2 amide bonds. The molecule has 1 spiro atoms. The fourth-order valence-corrected chi connectivity index (χ4v) is 5.69. The molecular weight excluding hydrogens is 505 g/mol. The Bertz CT molecular complexity index is 1240. The summed E-state index contributed by atoms with van der Waals surface area (Å²) in [5.74, 6) is -4.95. The molecule has 1 saturated carbocycles. The molecule has 196 valence electrons. The summed E-state index contributed by atoms with van der Waals surface area (Å²) in [6.45, 7) is 0.639. The Morgan fingerprint density at radius 3 is 2.47 bits per heavy atom. The number of likely N-dealkylation sites (tertiary alicyclic amines) is 1. The second-order valence-corrected chi connectivity index (χ2v) is 11.1. The van der Waals surface area contributed by atoms with Crippen molar-refractivity contribution in [2.45, 2.75) is 50.1 Å². The molecular formula is C24H26F5N3O3S. The van der Waals surface area contributed by atoms with E-state index in [1.54, 1.807) is 0 Å². The van der Waals surface area contributed by atoms with E-state index < -0.39 is 63.7 Å². The molecule has 0 radical (unpaired) electrons. The molecule has 2 aliphatic rings. The van der Waals surface area contributed by atoms with Gasteiger partial charge in [-0.3, -0.25) is 0 Å². The fraction of sp³-hybridized carbons (Fsp3) is 0.458. The normalized spacial score (nSPS) is 21.7. The van der Waals surface area contributed by atoms with Gasteiger partial charge in [0.1, 0.15) is 18.3 Å². The van der Waals surface area contributed by atoms with Crippen LogP contribution < -0.4 is 10.0 Å². The molecule has 0 bridgehead atoms. The van der Waals surface area contributed by atoms with E-state index in [1.165, 1.54) is 48.2 Å². The van der Waals surface area contributed by atoms with Crippen molar-refractivity contribution in [1.29, 1.82) is 0 Å². The Morgan fingerprint density at radius 1 is 1.17 bits per heavy atom. The van der Waals surface area contributed by atoms with Gasteiger partial charge >= 0.3 is 11.8 Å². The predicted octanol–water partition coefficient (Wildman–Crippen LogP) is 4.22. The number of hydrogen-bond donors (Lipinski definition) is 2. The third kappa shape index (κ3) is 5.19. The molecule has 4 rings (SSSR count). The monoisotopic (exact) mass is 531 g/mol. The van der Waals surface area contributed by atoms with E-state index in [0.717, 1.165) is 6.07 Å². The largest absolute Gasteiger partial charge is 0.350 e. The number of urea groups is 1. The number of benzene rings is 2. The van der Waals surface area contributed by atoms with Crippen molar-refractivity contribution in [2.75, 3.05) is 13.2 Å². The van der Waals surface area contributed by atoms with Gasteiger partial charge in [0.15, 0.2) is 0 Å². The molecule has 1 heterocycles. The van der Waals surface area contributed by atoms with Crippen LogP contribution in [0.15, 0.2) is 42.5 Å². The maximum atomic E-state index is 15.6. The van der Waals surface area contributed by atoms with Gasteiger partial charge in [-0.2, -0.15) is 8.78 Å². The molecule has 6 nitrogen and oxygen atoms in total. The van der Waals surface area contributed by atoms with E-state index in [2.05, 4.69) is 10.0 Å². The van der Waals surface area contributed by atoms with Gasteiger partial charge in [-0.25, -0.2) is 31.1 Å². The lowest BCUT2D eigenvalue weighted by Crippen LogP contribution is -2.53. The van der Waals surface area contributed by atoms with Gasteiger partial charge in [0.2, 0.25) is 0 Å². The standard InChI is InChI=1S/C24H26F5N3O3S/c1-14(12-25)30-23(33)32-13-24(8-9-24)21(31-36(34,35)22(28)29)19(32)11-16-5-3-7-18(20(16)27)15-4-2-6-17(26)10-15/h2-7,10,14,19,21-22,31H,8-9,11-13H2,1H3,(H,30,33)/t14-,19?,21?/m1/s1. The zero-order valence-corrected chi connectivity index (χ0v) is 20.2. The zero-order chi connectivity index (χ0) is 26.3. The second-order valence-electron chi connectivity index (χ2n) is 9.46. The van der Waals surface area contributed by atoms with Gasteiger partial charge in [-0.1, -0.05) is 30.3 Å². The molecule has 2 aromatic rings. The molecule has 1 aliphatic carbocycles. The summed E-state index contributed by atoms with van der Waals surface area (Å²) in [5, 5.41) is 2.47. The van der Waals surface area contributed by atoms with E-state index in [4.69, 9.17) is 0 Å². The van der Waals surface area contributed by atoms with E-state index in [9.17, 15) is 30.8 Å². The average Bonchev–Trinajstić information content (AvgIpc) is 3.55. The van der Waals surface area contributed by atoms with Gasteiger partial charge in [0, 0.05) is 17.5 Å². The van der Waals surface area contributed by atoms with Gasteiger partial charge < -0.3 is 10.2 Å². The predicted molar refractivity (Wildman–Crippen MR) is 123 cm³/mol. The van der Waals surface area contributed by atoms with Crippen molar-refractivity contribution in [3.8, 4) is 11.1 Å². The van der Waals surface area contributed by atoms with Crippen LogP contribution in [0.3, 0.4) is 0 Å². The van der Waals surface area contributed by atoms with Crippen LogP contribution in [-0.2, 0) is 16.4 Å². The Labute approximate surface area is 205 Å². The molecule has 1 saturated heterocycles. The molecule has 3 atom stereocenters. The molecule has 2 aromatic carbocycles. The first-order valence-electron chi connectivity index (χ1n) is 11.4. The number of alkyl halides is 3. The molecule has 1 aliphatic heterocycles. The van der Waals surface area contributed by atoms with Crippen molar-refractivity contribution in [1.82, 2.24) is 14.9 Å². The lowest BCUT2D eigenvalue weighted by Gasteiger charge is -2.30. The minimum absolute atomic E-state index is 0.0458. The first-order chi connectivity index (χ1) is 17.0. The maximum Gasteiger partial charge on any atom is 0.350 e. The van der Waals surface area contributed by atoms with E-state index in [-0.39, 0.29) is 29.7 Å². The van der Waals surface area contributed by atoms with Crippen LogP contribution in [-0.4, -0.2) is 56.5 Å².